The molecule has 0 spiro atoms. The van der Waals surface area contributed by atoms with Crippen molar-refractivity contribution in [3.63, 3.8) is 0 Å². The maximum Gasteiger partial charge on any atom is 0.253 e. The third kappa shape index (κ3) is 5.95. The highest BCUT2D eigenvalue weighted by atomic mass is 35.5. The lowest BCUT2D eigenvalue weighted by Crippen LogP contribution is -2.40. The first-order valence-corrected chi connectivity index (χ1v) is 10.6. The molecule has 1 aliphatic rings. The Morgan fingerprint density at radius 1 is 1.06 bits per heavy atom. The summed E-state index contributed by atoms with van der Waals surface area (Å²) in [5.74, 6) is -0.585. The molecule has 0 aromatic heterocycles. The predicted molar refractivity (Wildman–Crippen MR) is 123 cm³/mol. The van der Waals surface area contributed by atoms with Crippen molar-refractivity contribution in [3.05, 3.63) is 70.8 Å². The number of anilines is 1. The standard InChI is InChI=1S/C24H26ClN3O3/c1-27(2)24(31)19-9-10-20(25)21(16-19)26-23(30)18-12-14-28(15-13-18)22(29)11-8-17-6-4-3-5-7-17/h3-11,16,18H,12-15H2,1-2H3,(H,26,30)/b11-8+. The average molecular weight is 440 g/mol. The van der Waals surface area contributed by atoms with E-state index in [1.54, 1.807) is 49.3 Å². The van der Waals surface area contributed by atoms with Crippen LogP contribution in [-0.2, 0) is 9.59 Å². The van der Waals surface area contributed by atoms with Crippen LogP contribution in [0, 0.1) is 5.92 Å². The molecule has 0 bridgehead atoms. The Morgan fingerprint density at radius 2 is 1.74 bits per heavy atom. The van der Waals surface area contributed by atoms with E-state index in [9.17, 15) is 14.4 Å². The first-order chi connectivity index (χ1) is 14.8. The fourth-order valence-electron chi connectivity index (χ4n) is 3.45. The van der Waals surface area contributed by atoms with Crippen molar-refractivity contribution in [1.82, 2.24) is 9.80 Å². The summed E-state index contributed by atoms with van der Waals surface area (Å²) in [4.78, 5) is 40.6. The van der Waals surface area contributed by atoms with Gasteiger partial charge in [-0.2, -0.15) is 0 Å². The van der Waals surface area contributed by atoms with E-state index >= 15 is 0 Å². The van der Waals surface area contributed by atoms with Crippen LogP contribution < -0.4 is 5.32 Å². The molecule has 31 heavy (non-hydrogen) atoms. The van der Waals surface area contributed by atoms with Crippen molar-refractivity contribution in [2.45, 2.75) is 12.8 Å². The quantitative estimate of drug-likeness (QED) is 0.717. The number of carbonyl (C=O) groups excluding carboxylic acids is 3. The fraction of sp³-hybridized carbons (Fsp3) is 0.292. The van der Waals surface area contributed by atoms with E-state index in [1.807, 2.05) is 30.3 Å². The highest BCUT2D eigenvalue weighted by Gasteiger charge is 2.27. The summed E-state index contributed by atoms with van der Waals surface area (Å²) in [5.41, 5.74) is 1.84. The third-order valence-corrected chi connectivity index (χ3v) is 5.60. The van der Waals surface area contributed by atoms with Crippen LogP contribution in [0.5, 0.6) is 0 Å². The minimum atomic E-state index is -0.216. The van der Waals surface area contributed by atoms with Crippen LogP contribution in [0.1, 0.15) is 28.8 Å². The molecule has 0 atom stereocenters. The van der Waals surface area contributed by atoms with Crippen LogP contribution >= 0.6 is 11.6 Å². The van der Waals surface area contributed by atoms with Gasteiger partial charge < -0.3 is 15.1 Å². The predicted octanol–water partition coefficient (Wildman–Crippen LogP) is 3.93. The van der Waals surface area contributed by atoms with E-state index in [1.165, 1.54) is 4.90 Å². The van der Waals surface area contributed by atoms with Crippen molar-refractivity contribution in [2.24, 2.45) is 5.92 Å². The number of hydrogen-bond acceptors (Lipinski definition) is 3. The maximum atomic E-state index is 12.7. The summed E-state index contributed by atoms with van der Waals surface area (Å²) in [6.45, 7) is 1.03. The number of hydrogen-bond donors (Lipinski definition) is 1. The highest BCUT2D eigenvalue weighted by molar-refractivity contribution is 6.34. The lowest BCUT2D eigenvalue weighted by atomic mass is 9.95. The Morgan fingerprint density at radius 3 is 2.39 bits per heavy atom. The van der Waals surface area contributed by atoms with Gasteiger partial charge in [-0.1, -0.05) is 41.9 Å². The first kappa shape index (κ1) is 22.6. The van der Waals surface area contributed by atoms with E-state index in [-0.39, 0.29) is 23.6 Å². The highest BCUT2D eigenvalue weighted by Crippen LogP contribution is 2.26. The van der Waals surface area contributed by atoms with Crippen molar-refractivity contribution in [1.29, 1.82) is 0 Å². The summed E-state index contributed by atoms with van der Waals surface area (Å²) >= 11 is 6.21. The Bertz CT molecular complexity index is 981. The van der Waals surface area contributed by atoms with Gasteiger partial charge in [0.15, 0.2) is 0 Å². The van der Waals surface area contributed by atoms with Crippen LogP contribution in [0.15, 0.2) is 54.6 Å². The summed E-state index contributed by atoms with van der Waals surface area (Å²) in [7, 11) is 3.33. The second-order valence-corrected chi connectivity index (χ2v) is 8.13. The molecular weight excluding hydrogens is 414 g/mol. The molecule has 0 unspecified atom stereocenters. The minimum Gasteiger partial charge on any atom is -0.345 e. The molecule has 2 aromatic rings. The molecule has 0 radical (unpaired) electrons. The van der Waals surface area contributed by atoms with Crippen molar-refractivity contribution in [3.8, 4) is 0 Å². The third-order valence-electron chi connectivity index (χ3n) is 5.27. The van der Waals surface area contributed by atoms with E-state index in [4.69, 9.17) is 11.6 Å². The molecular formula is C24H26ClN3O3. The van der Waals surface area contributed by atoms with Gasteiger partial charge in [0.05, 0.1) is 10.7 Å². The molecule has 1 fully saturated rings. The first-order valence-electron chi connectivity index (χ1n) is 10.2. The summed E-state index contributed by atoms with van der Waals surface area (Å²) in [6, 6.07) is 14.5. The molecule has 162 valence electrons. The zero-order valence-corrected chi connectivity index (χ0v) is 18.4. The Hall–Kier alpha value is -3.12. The molecule has 0 aliphatic carbocycles. The Balaban J connectivity index is 1.56. The molecule has 0 saturated carbocycles. The van der Waals surface area contributed by atoms with Crippen molar-refractivity contribution < 1.29 is 14.4 Å². The molecule has 3 amide bonds. The van der Waals surface area contributed by atoms with Gasteiger partial charge in [0, 0.05) is 44.7 Å². The molecule has 1 N–H and O–H groups in total. The SMILES string of the molecule is CN(C)C(=O)c1ccc(Cl)c(NC(=O)C2CCN(C(=O)/C=C/c3ccccc3)CC2)c1. The summed E-state index contributed by atoms with van der Waals surface area (Å²) in [6.07, 6.45) is 4.52. The van der Waals surface area contributed by atoms with Gasteiger partial charge in [-0.05, 0) is 42.7 Å². The van der Waals surface area contributed by atoms with E-state index < -0.39 is 0 Å². The van der Waals surface area contributed by atoms with Gasteiger partial charge in [-0.25, -0.2) is 0 Å². The van der Waals surface area contributed by atoms with Gasteiger partial charge in [-0.3, -0.25) is 14.4 Å². The molecule has 1 saturated heterocycles. The number of rotatable bonds is 5. The molecule has 3 rings (SSSR count). The Kier molecular flexibility index (Phi) is 7.47. The molecule has 2 aromatic carbocycles. The van der Waals surface area contributed by atoms with Gasteiger partial charge in [0.25, 0.3) is 5.91 Å². The number of piperidine rings is 1. The number of halogens is 1. The average Bonchev–Trinajstić information content (AvgIpc) is 2.79. The van der Waals surface area contributed by atoms with Gasteiger partial charge in [-0.15, -0.1) is 0 Å². The van der Waals surface area contributed by atoms with Gasteiger partial charge >= 0.3 is 0 Å². The van der Waals surface area contributed by atoms with Gasteiger partial charge in [0.2, 0.25) is 11.8 Å². The normalized spacial score (nSPS) is 14.5. The van der Waals surface area contributed by atoms with E-state index in [2.05, 4.69) is 5.32 Å². The van der Waals surface area contributed by atoms with E-state index in [0.29, 0.717) is 42.2 Å². The monoisotopic (exact) mass is 439 g/mol. The lowest BCUT2D eigenvalue weighted by Gasteiger charge is -2.30. The van der Waals surface area contributed by atoms with Crippen molar-refractivity contribution >= 4 is 41.1 Å². The van der Waals surface area contributed by atoms with Crippen LogP contribution in [-0.4, -0.2) is 54.7 Å². The molecule has 7 heteroatoms. The number of likely N-dealkylation sites (tertiary alicyclic amines) is 1. The maximum absolute atomic E-state index is 12.7. The number of carbonyl (C=O) groups is 3. The lowest BCUT2D eigenvalue weighted by molar-refractivity contribution is -0.130. The second-order valence-electron chi connectivity index (χ2n) is 7.73. The summed E-state index contributed by atoms with van der Waals surface area (Å²) in [5, 5.41) is 3.22. The molecule has 1 heterocycles. The van der Waals surface area contributed by atoms with Crippen LogP contribution in [0.2, 0.25) is 5.02 Å². The minimum absolute atomic E-state index is 0.0549. The van der Waals surface area contributed by atoms with Crippen LogP contribution in [0.4, 0.5) is 5.69 Å². The number of benzene rings is 2. The smallest absolute Gasteiger partial charge is 0.253 e. The number of nitrogens with zero attached hydrogens (tertiary/aromatic N) is 2. The molecule has 1 aliphatic heterocycles. The zero-order chi connectivity index (χ0) is 22.4. The van der Waals surface area contributed by atoms with Crippen LogP contribution in [0.25, 0.3) is 6.08 Å². The summed E-state index contributed by atoms with van der Waals surface area (Å²) < 4.78 is 0. The van der Waals surface area contributed by atoms with Gasteiger partial charge in [0.1, 0.15) is 0 Å². The number of amides is 3. The van der Waals surface area contributed by atoms with Crippen molar-refractivity contribution in [2.75, 3.05) is 32.5 Å². The van der Waals surface area contributed by atoms with Crippen LogP contribution in [0.3, 0.4) is 0 Å². The largest absolute Gasteiger partial charge is 0.345 e. The topological polar surface area (TPSA) is 69.7 Å². The Labute approximate surface area is 187 Å². The van der Waals surface area contributed by atoms with E-state index in [0.717, 1.165) is 5.56 Å². The zero-order valence-electron chi connectivity index (χ0n) is 17.7. The number of nitrogens with one attached hydrogen (secondary N) is 1. The molecule has 6 nitrogen and oxygen atoms in total. The fourth-order valence-corrected chi connectivity index (χ4v) is 3.61. The second kappa shape index (κ2) is 10.3.